The standard InChI is InChI=1S/C7H9NO4S/c1-5-2-3-6(9)7(4-5)12-13(8,10)11/h2-4,9H,1H3,(H2,8,10,11). The Kier molecular flexibility index (Phi) is 2.44. The lowest BCUT2D eigenvalue weighted by Crippen LogP contribution is -2.19. The highest BCUT2D eigenvalue weighted by molar-refractivity contribution is 7.84. The molecule has 0 saturated heterocycles. The van der Waals surface area contributed by atoms with Gasteiger partial charge in [-0.2, -0.15) is 13.6 Å². The Balaban J connectivity index is 3.08. The Morgan fingerprint density at radius 3 is 2.62 bits per heavy atom. The van der Waals surface area contributed by atoms with E-state index in [0.29, 0.717) is 0 Å². The van der Waals surface area contributed by atoms with E-state index < -0.39 is 10.3 Å². The van der Waals surface area contributed by atoms with Gasteiger partial charge in [0.05, 0.1) is 0 Å². The fraction of sp³-hybridized carbons (Fsp3) is 0.143. The third-order valence-electron chi connectivity index (χ3n) is 1.32. The fourth-order valence-electron chi connectivity index (χ4n) is 0.813. The van der Waals surface area contributed by atoms with Crippen LogP contribution in [0.4, 0.5) is 0 Å². The minimum Gasteiger partial charge on any atom is -0.504 e. The second-order valence-corrected chi connectivity index (χ2v) is 3.70. The summed E-state index contributed by atoms with van der Waals surface area (Å²) in [6.45, 7) is 1.73. The molecule has 0 amide bonds. The van der Waals surface area contributed by atoms with Crippen molar-refractivity contribution in [2.45, 2.75) is 6.92 Å². The number of aryl methyl sites for hydroxylation is 1. The molecule has 0 fully saturated rings. The molecule has 3 N–H and O–H groups in total. The topological polar surface area (TPSA) is 89.6 Å². The average molecular weight is 203 g/mol. The summed E-state index contributed by atoms with van der Waals surface area (Å²) in [5, 5.41) is 13.8. The molecule has 0 aromatic heterocycles. The van der Waals surface area contributed by atoms with Gasteiger partial charge in [0.2, 0.25) is 0 Å². The van der Waals surface area contributed by atoms with Crippen molar-refractivity contribution in [3.8, 4) is 11.5 Å². The second kappa shape index (κ2) is 3.23. The molecule has 0 unspecified atom stereocenters. The second-order valence-electron chi connectivity index (χ2n) is 2.55. The maximum Gasteiger partial charge on any atom is 0.380 e. The maximum atomic E-state index is 10.5. The highest BCUT2D eigenvalue weighted by Crippen LogP contribution is 2.26. The molecule has 13 heavy (non-hydrogen) atoms. The number of phenolic OH excluding ortho intramolecular Hbond substituents is 1. The van der Waals surface area contributed by atoms with Gasteiger partial charge in [-0.05, 0) is 24.6 Å². The van der Waals surface area contributed by atoms with E-state index in [4.69, 9.17) is 5.11 Å². The molecule has 0 heterocycles. The van der Waals surface area contributed by atoms with Gasteiger partial charge in [-0.3, -0.25) is 0 Å². The van der Waals surface area contributed by atoms with Gasteiger partial charge in [-0.1, -0.05) is 6.07 Å². The summed E-state index contributed by atoms with van der Waals surface area (Å²) in [4.78, 5) is 0. The van der Waals surface area contributed by atoms with Crippen LogP contribution in [0.3, 0.4) is 0 Å². The molecule has 0 aliphatic heterocycles. The molecule has 0 spiro atoms. The zero-order valence-electron chi connectivity index (χ0n) is 6.89. The van der Waals surface area contributed by atoms with Crippen molar-refractivity contribution in [1.82, 2.24) is 0 Å². The molecule has 72 valence electrons. The molecule has 0 radical (unpaired) electrons. The van der Waals surface area contributed by atoms with Crippen LogP contribution in [0.2, 0.25) is 0 Å². The van der Waals surface area contributed by atoms with Gasteiger partial charge in [-0.25, -0.2) is 0 Å². The Bertz CT molecular complexity index is 413. The number of hydrogen-bond acceptors (Lipinski definition) is 4. The minimum absolute atomic E-state index is 0.164. The van der Waals surface area contributed by atoms with Crippen molar-refractivity contribution in [3.05, 3.63) is 23.8 Å². The van der Waals surface area contributed by atoms with Crippen LogP contribution in [0, 0.1) is 6.92 Å². The molecule has 5 nitrogen and oxygen atoms in total. The number of hydrogen-bond donors (Lipinski definition) is 2. The molecule has 0 aliphatic carbocycles. The van der Waals surface area contributed by atoms with Gasteiger partial charge in [0.1, 0.15) is 0 Å². The van der Waals surface area contributed by atoms with Crippen LogP contribution in [0.1, 0.15) is 5.56 Å². The average Bonchev–Trinajstić information content (AvgIpc) is 1.94. The first kappa shape index (κ1) is 9.82. The highest BCUT2D eigenvalue weighted by atomic mass is 32.2. The SMILES string of the molecule is Cc1ccc(O)c(OS(N)(=O)=O)c1. The summed E-state index contributed by atoms with van der Waals surface area (Å²) in [7, 11) is -4.08. The molecule has 0 saturated carbocycles. The molecule has 1 aromatic carbocycles. The first-order chi connectivity index (χ1) is 5.88. The van der Waals surface area contributed by atoms with Crippen molar-refractivity contribution in [2.75, 3.05) is 0 Å². The number of aromatic hydroxyl groups is 1. The molecular formula is C7H9NO4S. The third-order valence-corrected chi connectivity index (χ3v) is 1.73. The Morgan fingerprint density at radius 1 is 1.46 bits per heavy atom. The van der Waals surface area contributed by atoms with Crippen molar-refractivity contribution < 1.29 is 17.7 Å². The van der Waals surface area contributed by atoms with E-state index >= 15 is 0 Å². The Labute approximate surface area is 76.0 Å². The van der Waals surface area contributed by atoms with Gasteiger partial charge < -0.3 is 9.29 Å². The molecule has 1 aromatic rings. The van der Waals surface area contributed by atoms with Crippen LogP contribution in [-0.2, 0) is 10.3 Å². The Hall–Kier alpha value is -1.27. The van der Waals surface area contributed by atoms with E-state index in [9.17, 15) is 8.42 Å². The van der Waals surface area contributed by atoms with Gasteiger partial charge in [0.15, 0.2) is 11.5 Å². The summed E-state index contributed by atoms with van der Waals surface area (Å²) >= 11 is 0. The van der Waals surface area contributed by atoms with Crippen LogP contribution < -0.4 is 9.32 Å². The summed E-state index contributed by atoms with van der Waals surface area (Å²) in [5.41, 5.74) is 0.761. The minimum atomic E-state index is -4.08. The number of rotatable bonds is 2. The smallest absolute Gasteiger partial charge is 0.380 e. The molecule has 1 rings (SSSR count). The fourth-order valence-corrected chi connectivity index (χ4v) is 1.20. The molecule has 0 aliphatic rings. The lowest BCUT2D eigenvalue weighted by molar-refractivity contribution is 0.428. The zero-order valence-corrected chi connectivity index (χ0v) is 7.71. The summed E-state index contributed by atoms with van der Waals surface area (Å²) in [6, 6.07) is 4.32. The van der Waals surface area contributed by atoms with Crippen LogP contribution >= 0.6 is 0 Å². The van der Waals surface area contributed by atoms with Gasteiger partial charge in [-0.15, -0.1) is 0 Å². The van der Waals surface area contributed by atoms with Gasteiger partial charge >= 0.3 is 10.3 Å². The predicted octanol–water partition coefficient (Wildman–Crippen LogP) is 0.283. The number of nitrogens with two attached hydrogens (primary N) is 1. The highest BCUT2D eigenvalue weighted by Gasteiger charge is 2.09. The van der Waals surface area contributed by atoms with E-state index in [1.54, 1.807) is 13.0 Å². The van der Waals surface area contributed by atoms with Crippen LogP contribution in [0.5, 0.6) is 11.5 Å². The molecule has 0 bridgehead atoms. The van der Waals surface area contributed by atoms with Crippen molar-refractivity contribution in [1.29, 1.82) is 0 Å². The van der Waals surface area contributed by atoms with Gasteiger partial charge in [0.25, 0.3) is 0 Å². The summed E-state index contributed by atoms with van der Waals surface area (Å²) in [5.74, 6) is -0.429. The van der Waals surface area contributed by atoms with E-state index in [0.717, 1.165) is 5.56 Å². The monoisotopic (exact) mass is 203 g/mol. The molecular weight excluding hydrogens is 194 g/mol. The van der Waals surface area contributed by atoms with E-state index in [1.807, 2.05) is 0 Å². The summed E-state index contributed by atoms with van der Waals surface area (Å²) in [6.07, 6.45) is 0. The van der Waals surface area contributed by atoms with E-state index in [2.05, 4.69) is 9.32 Å². The van der Waals surface area contributed by atoms with E-state index in [-0.39, 0.29) is 11.5 Å². The zero-order chi connectivity index (χ0) is 10.1. The van der Waals surface area contributed by atoms with Crippen molar-refractivity contribution >= 4 is 10.3 Å². The quantitative estimate of drug-likeness (QED) is 0.722. The van der Waals surface area contributed by atoms with Crippen LogP contribution in [0.15, 0.2) is 18.2 Å². The largest absolute Gasteiger partial charge is 0.504 e. The van der Waals surface area contributed by atoms with Gasteiger partial charge in [0, 0.05) is 0 Å². The van der Waals surface area contributed by atoms with Crippen molar-refractivity contribution in [3.63, 3.8) is 0 Å². The third kappa shape index (κ3) is 2.92. The Morgan fingerprint density at radius 2 is 2.08 bits per heavy atom. The van der Waals surface area contributed by atoms with E-state index in [1.165, 1.54) is 12.1 Å². The van der Waals surface area contributed by atoms with Crippen LogP contribution in [0.25, 0.3) is 0 Å². The predicted molar refractivity (Wildman–Crippen MR) is 46.6 cm³/mol. The summed E-state index contributed by atoms with van der Waals surface area (Å²) < 4.78 is 25.3. The normalized spacial score (nSPS) is 11.2. The van der Waals surface area contributed by atoms with Crippen LogP contribution in [-0.4, -0.2) is 13.5 Å². The first-order valence-electron chi connectivity index (χ1n) is 3.40. The molecule has 6 heteroatoms. The first-order valence-corrected chi connectivity index (χ1v) is 4.87. The lowest BCUT2D eigenvalue weighted by Gasteiger charge is -2.04. The maximum absolute atomic E-state index is 10.5. The molecule has 0 atom stereocenters. The number of benzene rings is 1. The lowest BCUT2D eigenvalue weighted by atomic mass is 10.2. The van der Waals surface area contributed by atoms with Crippen molar-refractivity contribution in [2.24, 2.45) is 5.14 Å². The number of phenols is 1.